The fourth-order valence-electron chi connectivity index (χ4n) is 2.78. The summed E-state index contributed by atoms with van der Waals surface area (Å²) in [6.45, 7) is -1.07. The summed E-state index contributed by atoms with van der Waals surface area (Å²) in [7, 11) is 0. The van der Waals surface area contributed by atoms with E-state index in [9.17, 15) is 13.6 Å². The van der Waals surface area contributed by atoms with Gasteiger partial charge >= 0.3 is 6.61 Å². The number of carbonyl (C=O) groups excluding carboxylic acids is 1. The Bertz CT molecular complexity index is 688. The first-order valence-corrected chi connectivity index (χ1v) is 9.55. The van der Waals surface area contributed by atoms with Gasteiger partial charge in [-0.2, -0.15) is 8.78 Å². The lowest BCUT2D eigenvalue weighted by Crippen LogP contribution is -2.38. The first-order chi connectivity index (χ1) is 12.6. The number of alkyl halides is 2. The van der Waals surface area contributed by atoms with Crippen LogP contribution in [0, 0.1) is 0 Å². The second-order valence-electron chi connectivity index (χ2n) is 6.34. The van der Waals surface area contributed by atoms with Crippen LogP contribution in [0.1, 0.15) is 23.3 Å². The molecule has 4 nitrogen and oxygen atoms in total. The van der Waals surface area contributed by atoms with Crippen LogP contribution < -0.4 is 10.1 Å². The normalized spacial score (nSPS) is 14.0. The second kappa shape index (κ2) is 9.09. The molecule has 1 aliphatic carbocycles. The van der Waals surface area contributed by atoms with E-state index >= 15 is 0 Å². The van der Waals surface area contributed by atoms with Crippen LogP contribution in [0.5, 0.6) is 5.75 Å². The summed E-state index contributed by atoms with van der Waals surface area (Å²) < 4.78 is 28.6. The highest BCUT2D eigenvalue weighted by atomic mass is 32.1. The Kier molecular flexibility index (Phi) is 6.57. The van der Waals surface area contributed by atoms with Crippen molar-refractivity contribution in [1.29, 1.82) is 0 Å². The Morgan fingerprint density at radius 1 is 1.27 bits per heavy atom. The van der Waals surface area contributed by atoms with E-state index in [0.29, 0.717) is 25.6 Å². The topological polar surface area (TPSA) is 41.6 Å². The number of amides is 1. The maximum absolute atomic E-state index is 12.2. The van der Waals surface area contributed by atoms with E-state index in [1.54, 1.807) is 23.5 Å². The monoisotopic (exact) mass is 380 g/mol. The minimum Gasteiger partial charge on any atom is -0.435 e. The fraction of sp³-hybridized carbons (Fsp3) is 0.421. The van der Waals surface area contributed by atoms with Crippen molar-refractivity contribution in [2.45, 2.75) is 38.5 Å². The van der Waals surface area contributed by atoms with Crippen molar-refractivity contribution in [3.8, 4) is 5.75 Å². The largest absolute Gasteiger partial charge is 0.435 e. The molecular formula is C19H22F2N2O2S. The highest BCUT2D eigenvalue weighted by Crippen LogP contribution is 2.28. The molecule has 1 N–H and O–H groups in total. The lowest BCUT2D eigenvalue weighted by molar-refractivity contribution is -0.122. The van der Waals surface area contributed by atoms with Gasteiger partial charge < -0.3 is 10.1 Å². The van der Waals surface area contributed by atoms with E-state index in [4.69, 9.17) is 0 Å². The molecule has 2 aromatic rings. The summed E-state index contributed by atoms with van der Waals surface area (Å²) in [6, 6.07) is 11.1. The van der Waals surface area contributed by atoms with E-state index < -0.39 is 6.61 Å². The van der Waals surface area contributed by atoms with Gasteiger partial charge in [0.05, 0.1) is 6.54 Å². The van der Waals surface area contributed by atoms with Crippen molar-refractivity contribution in [1.82, 2.24) is 10.2 Å². The van der Waals surface area contributed by atoms with E-state index in [0.717, 1.165) is 24.9 Å². The summed E-state index contributed by atoms with van der Waals surface area (Å²) in [5.41, 5.74) is 0.963. The first-order valence-electron chi connectivity index (χ1n) is 8.67. The predicted molar refractivity (Wildman–Crippen MR) is 97.5 cm³/mol. The van der Waals surface area contributed by atoms with Crippen LogP contribution in [-0.2, 0) is 17.8 Å². The van der Waals surface area contributed by atoms with Gasteiger partial charge in [0.25, 0.3) is 0 Å². The molecule has 0 radical (unpaired) electrons. The molecule has 26 heavy (non-hydrogen) atoms. The van der Waals surface area contributed by atoms with Crippen molar-refractivity contribution < 1.29 is 18.3 Å². The molecule has 0 unspecified atom stereocenters. The Labute approximate surface area is 155 Å². The third-order valence-electron chi connectivity index (χ3n) is 4.23. The quantitative estimate of drug-likeness (QED) is 0.684. The van der Waals surface area contributed by atoms with Crippen molar-refractivity contribution in [3.05, 3.63) is 52.2 Å². The van der Waals surface area contributed by atoms with Gasteiger partial charge in [0.2, 0.25) is 5.91 Å². The van der Waals surface area contributed by atoms with Crippen molar-refractivity contribution >= 4 is 17.2 Å². The number of thiophene rings is 1. The Morgan fingerprint density at radius 2 is 2.04 bits per heavy atom. The highest BCUT2D eigenvalue weighted by molar-refractivity contribution is 7.09. The van der Waals surface area contributed by atoms with Crippen molar-refractivity contribution in [2.75, 3.05) is 13.1 Å². The third-order valence-corrected chi connectivity index (χ3v) is 5.09. The van der Waals surface area contributed by atoms with E-state index in [2.05, 4.69) is 26.4 Å². The first kappa shape index (κ1) is 18.8. The third kappa shape index (κ3) is 6.07. The zero-order valence-electron chi connectivity index (χ0n) is 14.4. The highest BCUT2D eigenvalue weighted by Gasteiger charge is 2.30. The van der Waals surface area contributed by atoms with E-state index in [-0.39, 0.29) is 11.7 Å². The number of halogens is 2. The molecule has 0 saturated heterocycles. The standard InChI is InChI=1S/C19H22F2N2O2S/c20-19(21)25-16-7-3-14(4-8-16)9-10-22-18(24)13-23(15-5-6-15)12-17-2-1-11-26-17/h1-4,7-8,11,15,19H,5-6,9-10,12-13H2,(H,22,24). The van der Waals surface area contributed by atoms with Crippen molar-refractivity contribution in [2.24, 2.45) is 0 Å². The average molecular weight is 380 g/mol. The summed E-state index contributed by atoms with van der Waals surface area (Å²) in [6.07, 6.45) is 2.96. The molecule has 1 saturated carbocycles. The van der Waals surface area contributed by atoms with Gasteiger partial charge in [-0.25, -0.2) is 0 Å². The van der Waals surface area contributed by atoms with Gasteiger partial charge in [0, 0.05) is 24.0 Å². The molecule has 0 spiro atoms. The van der Waals surface area contributed by atoms with Gasteiger partial charge in [0.1, 0.15) is 5.75 Å². The summed E-state index contributed by atoms with van der Waals surface area (Å²) in [4.78, 5) is 15.7. The second-order valence-corrected chi connectivity index (χ2v) is 7.37. The molecule has 1 aromatic heterocycles. The number of rotatable bonds is 10. The Hall–Kier alpha value is -1.99. The molecule has 140 valence electrons. The zero-order valence-corrected chi connectivity index (χ0v) is 15.2. The Morgan fingerprint density at radius 3 is 2.65 bits per heavy atom. The minimum absolute atomic E-state index is 0.0195. The lowest BCUT2D eigenvalue weighted by Gasteiger charge is -2.20. The summed E-state index contributed by atoms with van der Waals surface area (Å²) in [5.74, 6) is 0.160. The fourth-order valence-corrected chi connectivity index (χ4v) is 3.51. The van der Waals surface area contributed by atoms with Gasteiger partial charge in [-0.1, -0.05) is 18.2 Å². The number of ether oxygens (including phenoxy) is 1. The number of hydrogen-bond donors (Lipinski definition) is 1. The number of nitrogens with zero attached hydrogens (tertiary/aromatic N) is 1. The zero-order chi connectivity index (χ0) is 18.4. The lowest BCUT2D eigenvalue weighted by atomic mass is 10.1. The molecule has 3 rings (SSSR count). The SMILES string of the molecule is O=C(CN(Cc1cccs1)C1CC1)NCCc1ccc(OC(F)F)cc1. The molecule has 1 fully saturated rings. The van der Waals surface area contributed by atoms with E-state index in [1.807, 2.05) is 6.07 Å². The number of carbonyl (C=O) groups is 1. The van der Waals surface area contributed by atoms with Gasteiger partial charge in [-0.3, -0.25) is 9.69 Å². The molecule has 1 aliphatic rings. The molecule has 0 bridgehead atoms. The van der Waals surface area contributed by atoms with Crippen LogP contribution in [0.3, 0.4) is 0 Å². The van der Waals surface area contributed by atoms with Crippen LogP contribution in [0.25, 0.3) is 0 Å². The molecule has 1 amide bonds. The average Bonchev–Trinajstić information content (AvgIpc) is 3.33. The molecular weight excluding hydrogens is 358 g/mol. The molecule has 1 aromatic carbocycles. The minimum atomic E-state index is -2.82. The number of hydrogen-bond acceptors (Lipinski definition) is 4. The van der Waals surface area contributed by atoms with E-state index in [1.165, 1.54) is 17.0 Å². The smallest absolute Gasteiger partial charge is 0.387 e. The van der Waals surface area contributed by atoms with Gasteiger partial charge in [-0.05, 0) is 48.4 Å². The molecule has 1 heterocycles. The van der Waals surface area contributed by atoms with Crippen LogP contribution in [0.2, 0.25) is 0 Å². The summed E-state index contributed by atoms with van der Waals surface area (Å²) >= 11 is 1.71. The Balaban J connectivity index is 1.40. The van der Waals surface area contributed by atoms with Crippen molar-refractivity contribution in [3.63, 3.8) is 0 Å². The molecule has 7 heteroatoms. The van der Waals surface area contributed by atoms with Crippen LogP contribution in [-0.4, -0.2) is 36.5 Å². The number of nitrogens with one attached hydrogen (secondary N) is 1. The van der Waals surface area contributed by atoms with Crippen LogP contribution in [0.15, 0.2) is 41.8 Å². The molecule has 0 aliphatic heterocycles. The summed E-state index contributed by atoms with van der Waals surface area (Å²) in [5, 5.41) is 5.00. The van der Waals surface area contributed by atoms with Crippen LogP contribution in [0.4, 0.5) is 8.78 Å². The van der Waals surface area contributed by atoms with Gasteiger partial charge in [-0.15, -0.1) is 11.3 Å². The predicted octanol–water partition coefficient (Wildman–Crippen LogP) is 3.67. The van der Waals surface area contributed by atoms with Gasteiger partial charge in [0.15, 0.2) is 0 Å². The number of benzene rings is 1. The molecule has 0 atom stereocenters. The maximum Gasteiger partial charge on any atom is 0.387 e. The maximum atomic E-state index is 12.2. The van der Waals surface area contributed by atoms with Crippen LogP contribution >= 0.6 is 11.3 Å².